The van der Waals surface area contributed by atoms with Crippen LogP contribution < -0.4 is 11.1 Å². The van der Waals surface area contributed by atoms with Crippen molar-refractivity contribution in [2.24, 2.45) is 5.73 Å². The largest absolute Gasteiger partial charge is 0.351 e. The molecular formula is C16H15N3O. The molecule has 0 saturated carbocycles. The maximum Gasteiger partial charge on any atom is 0.253 e. The second-order valence-electron chi connectivity index (χ2n) is 4.60. The first-order valence-corrected chi connectivity index (χ1v) is 6.56. The number of pyridine rings is 1. The molecule has 0 unspecified atom stereocenters. The zero-order valence-corrected chi connectivity index (χ0v) is 11.0. The number of aromatic nitrogens is 1. The van der Waals surface area contributed by atoms with Crippen molar-refractivity contribution in [2.45, 2.75) is 0 Å². The zero-order valence-electron chi connectivity index (χ0n) is 11.0. The standard InChI is InChI=1S/C16H15N3O/c17-8-9-18-16(20)13-6-3-5-12-10-11-4-1-2-7-14(11)19-15(12)13/h1-7,10H,8-9,17H2,(H,18,20). The number of carbonyl (C=O) groups excluding carboxylic acids is 1. The van der Waals surface area contributed by atoms with Crippen LogP contribution in [0.3, 0.4) is 0 Å². The van der Waals surface area contributed by atoms with Gasteiger partial charge in [0.2, 0.25) is 0 Å². The van der Waals surface area contributed by atoms with Crippen molar-refractivity contribution in [2.75, 3.05) is 13.1 Å². The van der Waals surface area contributed by atoms with E-state index in [0.717, 1.165) is 21.8 Å². The molecule has 0 aliphatic rings. The maximum absolute atomic E-state index is 12.1. The smallest absolute Gasteiger partial charge is 0.253 e. The summed E-state index contributed by atoms with van der Waals surface area (Å²) in [5.74, 6) is -0.135. The van der Waals surface area contributed by atoms with E-state index in [2.05, 4.69) is 16.4 Å². The second kappa shape index (κ2) is 5.27. The lowest BCUT2D eigenvalue weighted by atomic mass is 10.1. The summed E-state index contributed by atoms with van der Waals surface area (Å²) in [5.41, 5.74) is 7.61. The van der Waals surface area contributed by atoms with Crippen LogP contribution in [0.4, 0.5) is 0 Å². The van der Waals surface area contributed by atoms with Crippen molar-refractivity contribution < 1.29 is 4.79 Å². The van der Waals surface area contributed by atoms with Crippen LogP contribution in [0.15, 0.2) is 48.5 Å². The quantitative estimate of drug-likeness (QED) is 0.712. The fraction of sp³-hybridized carbons (Fsp3) is 0.125. The SMILES string of the molecule is NCCNC(=O)c1cccc2cc3ccccc3nc12. The Bertz CT molecular complexity index is 783. The van der Waals surface area contributed by atoms with Crippen LogP contribution in [0.1, 0.15) is 10.4 Å². The van der Waals surface area contributed by atoms with Crippen LogP contribution in [-0.2, 0) is 0 Å². The van der Waals surface area contributed by atoms with E-state index in [1.807, 2.05) is 36.4 Å². The highest BCUT2D eigenvalue weighted by Crippen LogP contribution is 2.22. The zero-order chi connectivity index (χ0) is 13.9. The molecule has 1 aromatic heterocycles. The summed E-state index contributed by atoms with van der Waals surface area (Å²) >= 11 is 0. The van der Waals surface area contributed by atoms with Gasteiger partial charge in [0.25, 0.3) is 5.91 Å². The summed E-state index contributed by atoms with van der Waals surface area (Å²) in [6.07, 6.45) is 0. The third-order valence-corrected chi connectivity index (χ3v) is 3.22. The molecule has 2 aromatic carbocycles. The summed E-state index contributed by atoms with van der Waals surface area (Å²) in [6, 6.07) is 15.6. The Kier molecular flexibility index (Phi) is 3.31. The van der Waals surface area contributed by atoms with Gasteiger partial charge in [0.1, 0.15) is 0 Å². The molecule has 20 heavy (non-hydrogen) atoms. The van der Waals surface area contributed by atoms with E-state index in [1.54, 1.807) is 6.07 Å². The number of amides is 1. The number of para-hydroxylation sites is 2. The number of carbonyl (C=O) groups is 1. The molecule has 1 heterocycles. The number of hydrogen-bond donors (Lipinski definition) is 2. The average molecular weight is 265 g/mol. The molecule has 0 saturated heterocycles. The van der Waals surface area contributed by atoms with Gasteiger partial charge in [-0.1, -0.05) is 30.3 Å². The summed E-state index contributed by atoms with van der Waals surface area (Å²) in [6.45, 7) is 0.885. The van der Waals surface area contributed by atoms with Crippen molar-refractivity contribution in [3.05, 3.63) is 54.1 Å². The first kappa shape index (κ1) is 12.6. The van der Waals surface area contributed by atoms with Gasteiger partial charge in [-0.05, 0) is 18.2 Å². The maximum atomic E-state index is 12.1. The van der Waals surface area contributed by atoms with E-state index in [9.17, 15) is 4.79 Å². The van der Waals surface area contributed by atoms with Crippen molar-refractivity contribution in [3.63, 3.8) is 0 Å². The number of nitrogens with one attached hydrogen (secondary N) is 1. The topological polar surface area (TPSA) is 68.0 Å². The van der Waals surface area contributed by atoms with Gasteiger partial charge in [0.05, 0.1) is 16.6 Å². The molecule has 0 bridgehead atoms. The van der Waals surface area contributed by atoms with Crippen LogP contribution >= 0.6 is 0 Å². The number of nitrogens with zero attached hydrogens (tertiary/aromatic N) is 1. The Morgan fingerprint density at radius 2 is 1.90 bits per heavy atom. The third-order valence-electron chi connectivity index (χ3n) is 3.22. The highest BCUT2D eigenvalue weighted by Gasteiger charge is 2.11. The Labute approximate surface area is 116 Å². The molecule has 3 N–H and O–H groups in total. The molecule has 4 heteroatoms. The molecular weight excluding hydrogens is 250 g/mol. The highest BCUT2D eigenvalue weighted by molar-refractivity contribution is 6.07. The number of rotatable bonds is 3. The molecule has 0 radical (unpaired) electrons. The van der Waals surface area contributed by atoms with E-state index < -0.39 is 0 Å². The lowest BCUT2D eigenvalue weighted by molar-refractivity contribution is 0.0956. The van der Waals surface area contributed by atoms with E-state index in [-0.39, 0.29) is 5.91 Å². The van der Waals surface area contributed by atoms with E-state index in [0.29, 0.717) is 18.7 Å². The minimum absolute atomic E-state index is 0.135. The Morgan fingerprint density at radius 3 is 2.75 bits per heavy atom. The molecule has 3 rings (SSSR count). The molecule has 3 aromatic rings. The van der Waals surface area contributed by atoms with E-state index >= 15 is 0 Å². The molecule has 1 amide bonds. The van der Waals surface area contributed by atoms with Crippen LogP contribution in [0.2, 0.25) is 0 Å². The van der Waals surface area contributed by atoms with Crippen molar-refractivity contribution in [1.82, 2.24) is 10.3 Å². The highest BCUT2D eigenvalue weighted by atomic mass is 16.1. The predicted octanol–water partition coefficient (Wildman–Crippen LogP) is 2.08. The second-order valence-corrected chi connectivity index (χ2v) is 4.60. The first-order valence-electron chi connectivity index (χ1n) is 6.56. The van der Waals surface area contributed by atoms with Gasteiger partial charge in [-0.25, -0.2) is 4.98 Å². The van der Waals surface area contributed by atoms with E-state index in [1.165, 1.54) is 0 Å². The van der Waals surface area contributed by atoms with Gasteiger partial charge in [-0.2, -0.15) is 0 Å². The normalized spacial score (nSPS) is 10.8. The van der Waals surface area contributed by atoms with Crippen LogP contribution in [0.25, 0.3) is 21.8 Å². The Balaban J connectivity index is 2.17. The molecule has 4 nitrogen and oxygen atoms in total. The van der Waals surface area contributed by atoms with Gasteiger partial charge in [-0.3, -0.25) is 4.79 Å². The molecule has 0 spiro atoms. The lowest BCUT2D eigenvalue weighted by Gasteiger charge is -2.08. The summed E-state index contributed by atoms with van der Waals surface area (Å²) in [5, 5.41) is 4.82. The fourth-order valence-electron chi connectivity index (χ4n) is 2.27. The molecule has 0 fully saturated rings. The van der Waals surface area contributed by atoms with Crippen molar-refractivity contribution in [1.29, 1.82) is 0 Å². The summed E-state index contributed by atoms with van der Waals surface area (Å²) in [7, 11) is 0. The summed E-state index contributed by atoms with van der Waals surface area (Å²) in [4.78, 5) is 16.8. The minimum atomic E-state index is -0.135. The Hall–Kier alpha value is -2.46. The average Bonchev–Trinajstić information content (AvgIpc) is 2.50. The number of hydrogen-bond acceptors (Lipinski definition) is 3. The third kappa shape index (κ3) is 2.21. The van der Waals surface area contributed by atoms with Crippen molar-refractivity contribution >= 4 is 27.7 Å². The van der Waals surface area contributed by atoms with Gasteiger partial charge in [-0.15, -0.1) is 0 Å². The van der Waals surface area contributed by atoms with E-state index in [4.69, 9.17) is 5.73 Å². The minimum Gasteiger partial charge on any atom is -0.351 e. The van der Waals surface area contributed by atoms with Gasteiger partial charge >= 0.3 is 0 Å². The fourth-order valence-corrected chi connectivity index (χ4v) is 2.27. The number of nitrogens with two attached hydrogens (primary N) is 1. The van der Waals surface area contributed by atoms with Gasteiger partial charge < -0.3 is 11.1 Å². The molecule has 0 aliphatic carbocycles. The van der Waals surface area contributed by atoms with Gasteiger partial charge in [0.15, 0.2) is 0 Å². The molecule has 0 aliphatic heterocycles. The molecule has 0 atom stereocenters. The van der Waals surface area contributed by atoms with Crippen LogP contribution in [0, 0.1) is 0 Å². The number of fused-ring (bicyclic) bond motifs is 2. The van der Waals surface area contributed by atoms with Crippen LogP contribution in [-0.4, -0.2) is 24.0 Å². The number of benzene rings is 2. The first-order chi connectivity index (χ1) is 9.79. The lowest BCUT2D eigenvalue weighted by Crippen LogP contribution is -2.29. The van der Waals surface area contributed by atoms with Gasteiger partial charge in [0, 0.05) is 23.9 Å². The molecule has 100 valence electrons. The Morgan fingerprint density at radius 1 is 1.10 bits per heavy atom. The van der Waals surface area contributed by atoms with Crippen LogP contribution in [0.5, 0.6) is 0 Å². The summed E-state index contributed by atoms with van der Waals surface area (Å²) < 4.78 is 0. The monoisotopic (exact) mass is 265 g/mol. The predicted molar refractivity (Wildman–Crippen MR) is 80.6 cm³/mol. The van der Waals surface area contributed by atoms with Crippen molar-refractivity contribution in [3.8, 4) is 0 Å².